The molecule has 0 spiro atoms. The molecule has 2 aromatic heterocycles. The van der Waals surface area contributed by atoms with Crippen LogP contribution >= 0.6 is 22.7 Å². The summed E-state index contributed by atoms with van der Waals surface area (Å²) < 4.78 is 14.2. The van der Waals surface area contributed by atoms with Crippen LogP contribution in [0.1, 0.15) is 41.4 Å². The van der Waals surface area contributed by atoms with E-state index >= 15 is 0 Å². The van der Waals surface area contributed by atoms with Crippen molar-refractivity contribution in [3.63, 3.8) is 0 Å². The largest absolute Gasteiger partial charge is 0.319 e. The molecule has 0 aliphatic rings. The van der Waals surface area contributed by atoms with E-state index in [1.54, 1.807) is 28.7 Å². The van der Waals surface area contributed by atoms with Crippen LogP contribution in [0.4, 0.5) is 4.39 Å². The first kappa shape index (κ1) is 14.7. The van der Waals surface area contributed by atoms with Gasteiger partial charge in [-0.25, -0.2) is 4.39 Å². The van der Waals surface area contributed by atoms with E-state index < -0.39 is 0 Å². The topological polar surface area (TPSA) is 26.0 Å². The minimum atomic E-state index is -0.199. The molecule has 1 aromatic carbocycles. The van der Waals surface area contributed by atoms with Crippen LogP contribution in [0.25, 0.3) is 10.1 Å². The number of nitrogens with two attached hydrogens (primary N) is 1. The zero-order chi connectivity index (χ0) is 15.2. The van der Waals surface area contributed by atoms with Gasteiger partial charge in [0.1, 0.15) is 5.82 Å². The average molecular weight is 319 g/mol. The molecule has 2 heterocycles. The number of halogens is 1. The van der Waals surface area contributed by atoms with Crippen molar-refractivity contribution >= 4 is 32.8 Å². The van der Waals surface area contributed by atoms with Gasteiger partial charge in [-0.1, -0.05) is 26.8 Å². The third kappa shape index (κ3) is 2.89. The lowest BCUT2D eigenvalue weighted by atomic mass is 9.95. The number of hydrogen-bond donors (Lipinski definition) is 1. The third-order valence-electron chi connectivity index (χ3n) is 3.48. The molecule has 0 aliphatic heterocycles. The Balaban J connectivity index is 1.96. The van der Waals surface area contributed by atoms with Crippen LogP contribution in [-0.4, -0.2) is 0 Å². The summed E-state index contributed by atoms with van der Waals surface area (Å²) >= 11 is 3.34. The van der Waals surface area contributed by atoms with Crippen LogP contribution in [0.2, 0.25) is 0 Å². The molecular weight excluding hydrogens is 301 g/mol. The molecule has 3 aromatic rings. The Morgan fingerprint density at radius 2 is 1.76 bits per heavy atom. The SMILES string of the molecule is CC(C)(C)c1ccc(C(N)c2cc3ccc(F)cc3s2)s1. The second kappa shape index (κ2) is 5.20. The van der Waals surface area contributed by atoms with Gasteiger partial charge in [0.15, 0.2) is 0 Å². The van der Waals surface area contributed by atoms with E-state index in [0.29, 0.717) is 0 Å². The quantitative estimate of drug-likeness (QED) is 0.668. The van der Waals surface area contributed by atoms with Crippen LogP contribution < -0.4 is 5.73 Å². The predicted octanol–water partition coefficient (Wildman–Crippen LogP) is 5.45. The zero-order valence-electron chi connectivity index (χ0n) is 12.3. The van der Waals surface area contributed by atoms with Crippen molar-refractivity contribution in [1.82, 2.24) is 0 Å². The summed E-state index contributed by atoms with van der Waals surface area (Å²) in [6, 6.07) is 11.1. The molecule has 1 unspecified atom stereocenters. The van der Waals surface area contributed by atoms with E-state index in [9.17, 15) is 4.39 Å². The van der Waals surface area contributed by atoms with Crippen LogP contribution in [-0.2, 0) is 5.41 Å². The molecule has 0 amide bonds. The van der Waals surface area contributed by atoms with Gasteiger partial charge < -0.3 is 5.73 Å². The number of thiophene rings is 2. The van der Waals surface area contributed by atoms with E-state index in [2.05, 4.69) is 39.0 Å². The predicted molar refractivity (Wildman–Crippen MR) is 90.8 cm³/mol. The van der Waals surface area contributed by atoms with Gasteiger partial charge in [-0.3, -0.25) is 0 Å². The Morgan fingerprint density at radius 3 is 2.43 bits per heavy atom. The van der Waals surface area contributed by atoms with Gasteiger partial charge in [0.05, 0.1) is 6.04 Å². The van der Waals surface area contributed by atoms with Gasteiger partial charge in [-0.15, -0.1) is 22.7 Å². The molecular formula is C17H18FNS2. The molecule has 0 bridgehead atoms. The Kier molecular flexibility index (Phi) is 3.64. The summed E-state index contributed by atoms with van der Waals surface area (Å²) in [4.78, 5) is 3.57. The lowest BCUT2D eigenvalue weighted by molar-refractivity contribution is 0.604. The third-order valence-corrected chi connectivity index (χ3v) is 6.26. The summed E-state index contributed by atoms with van der Waals surface area (Å²) in [7, 11) is 0. The minimum Gasteiger partial charge on any atom is -0.319 e. The lowest BCUT2D eigenvalue weighted by Crippen LogP contribution is -2.09. The van der Waals surface area contributed by atoms with Crippen LogP contribution in [0.5, 0.6) is 0 Å². The molecule has 21 heavy (non-hydrogen) atoms. The Morgan fingerprint density at radius 1 is 1.00 bits per heavy atom. The van der Waals surface area contributed by atoms with Gasteiger partial charge in [0, 0.05) is 19.3 Å². The first-order chi connectivity index (χ1) is 9.84. The summed E-state index contributed by atoms with van der Waals surface area (Å²) in [6.45, 7) is 6.61. The smallest absolute Gasteiger partial charge is 0.124 e. The monoisotopic (exact) mass is 319 g/mol. The maximum atomic E-state index is 13.3. The highest BCUT2D eigenvalue weighted by Gasteiger charge is 2.20. The highest BCUT2D eigenvalue weighted by atomic mass is 32.1. The van der Waals surface area contributed by atoms with E-state index in [1.165, 1.54) is 10.9 Å². The van der Waals surface area contributed by atoms with Gasteiger partial charge in [0.25, 0.3) is 0 Å². The van der Waals surface area contributed by atoms with Crippen molar-refractivity contribution in [1.29, 1.82) is 0 Å². The van der Waals surface area contributed by atoms with Gasteiger partial charge >= 0.3 is 0 Å². The Bertz CT molecular complexity index is 780. The number of benzene rings is 1. The van der Waals surface area contributed by atoms with Gasteiger partial charge in [-0.2, -0.15) is 0 Å². The fraction of sp³-hybridized carbons (Fsp3) is 0.294. The summed E-state index contributed by atoms with van der Waals surface area (Å²) in [5, 5.41) is 1.06. The Labute approximate surface area is 132 Å². The molecule has 0 radical (unpaired) electrons. The van der Waals surface area contributed by atoms with Crippen LogP contribution in [0.15, 0.2) is 36.4 Å². The normalized spacial score (nSPS) is 13.8. The van der Waals surface area contributed by atoms with E-state index in [0.717, 1.165) is 19.8 Å². The van der Waals surface area contributed by atoms with Crippen LogP contribution in [0, 0.1) is 5.82 Å². The molecule has 3 rings (SSSR count). The van der Waals surface area contributed by atoms with Crippen molar-refractivity contribution in [3.8, 4) is 0 Å². The molecule has 4 heteroatoms. The van der Waals surface area contributed by atoms with E-state index in [1.807, 2.05) is 6.07 Å². The average Bonchev–Trinajstić information content (AvgIpc) is 3.03. The lowest BCUT2D eigenvalue weighted by Gasteiger charge is -2.15. The molecule has 0 fully saturated rings. The highest BCUT2D eigenvalue weighted by Crippen LogP contribution is 2.37. The molecule has 0 saturated carbocycles. The summed E-state index contributed by atoms with van der Waals surface area (Å²) in [5.41, 5.74) is 6.55. The zero-order valence-corrected chi connectivity index (χ0v) is 13.9. The molecule has 1 atom stereocenters. The molecule has 0 saturated heterocycles. The fourth-order valence-electron chi connectivity index (χ4n) is 2.24. The molecule has 2 N–H and O–H groups in total. The van der Waals surface area contributed by atoms with E-state index in [-0.39, 0.29) is 17.3 Å². The minimum absolute atomic E-state index is 0.133. The maximum Gasteiger partial charge on any atom is 0.124 e. The number of fused-ring (bicyclic) bond motifs is 1. The summed E-state index contributed by atoms with van der Waals surface area (Å²) in [5.74, 6) is -0.199. The Hall–Kier alpha value is -1.23. The van der Waals surface area contributed by atoms with Gasteiger partial charge in [-0.05, 0) is 41.1 Å². The van der Waals surface area contributed by atoms with Crippen molar-refractivity contribution < 1.29 is 4.39 Å². The molecule has 1 nitrogen and oxygen atoms in total. The maximum absolute atomic E-state index is 13.3. The van der Waals surface area contributed by atoms with E-state index in [4.69, 9.17) is 5.73 Å². The highest BCUT2D eigenvalue weighted by molar-refractivity contribution is 7.19. The van der Waals surface area contributed by atoms with Crippen molar-refractivity contribution in [2.24, 2.45) is 5.73 Å². The number of rotatable bonds is 2. The van der Waals surface area contributed by atoms with Crippen molar-refractivity contribution in [2.75, 3.05) is 0 Å². The number of hydrogen-bond acceptors (Lipinski definition) is 3. The molecule has 0 aliphatic carbocycles. The van der Waals surface area contributed by atoms with Crippen molar-refractivity contribution in [2.45, 2.75) is 32.2 Å². The standard InChI is InChI=1S/C17H18FNS2/c1-17(2,3)15-7-6-12(21-15)16(19)14-8-10-4-5-11(18)9-13(10)20-14/h4-9,16H,19H2,1-3H3. The fourth-order valence-corrected chi connectivity index (χ4v) is 4.51. The first-order valence-corrected chi connectivity index (χ1v) is 8.53. The van der Waals surface area contributed by atoms with Crippen LogP contribution in [0.3, 0.4) is 0 Å². The second-order valence-corrected chi connectivity index (χ2v) is 8.49. The first-order valence-electron chi connectivity index (χ1n) is 6.89. The van der Waals surface area contributed by atoms with Gasteiger partial charge in [0.2, 0.25) is 0 Å². The summed E-state index contributed by atoms with van der Waals surface area (Å²) in [6.07, 6.45) is 0. The molecule has 110 valence electrons. The van der Waals surface area contributed by atoms with Crippen molar-refractivity contribution in [3.05, 3.63) is 56.8 Å². The second-order valence-electron chi connectivity index (χ2n) is 6.26.